The third-order valence-corrected chi connectivity index (χ3v) is 2.61. The van der Waals surface area contributed by atoms with Crippen LogP contribution in [-0.2, 0) is 6.42 Å². The number of hydrogen-bond acceptors (Lipinski definition) is 3. The predicted octanol–water partition coefficient (Wildman–Crippen LogP) is 0.970. The average Bonchev–Trinajstić information content (AvgIpc) is 2.27. The van der Waals surface area contributed by atoms with E-state index in [4.69, 9.17) is 16.2 Å². The highest BCUT2D eigenvalue weighted by Gasteiger charge is 2.12. The van der Waals surface area contributed by atoms with Crippen molar-refractivity contribution in [1.29, 1.82) is 0 Å². The lowest BCUT2D eigenvalue weighted by atomic mass is 10.00. The van der Waals surface area contributed by atoms with Gasteiger partial charge in [0.1, 0.15) is 5.75 Å². The summed E-state index contributed by atoms with van der Waals surface area (Å²) in [6, 6.07) is 6.06. The second-order valence-corrected chi connectivity index (χ2v) is 3.66. The van der Waals surface area contributed by atoms with Gasteiger partial charge in [0.05, 0.1) is 6.61 Å². The molecule has 0 saturated carbocycles. The van der Waals surface area contributed by atoms with E-state index in [1.54, 1.807) is 0 Å². The first-order valence-corrected chi connectivity index (χ1v) is 5.02. The molecule has 1 aliphatic rings. The maximum absolute atomic E-state index is 5.86. The molecule has 1 aromatic rings. The number of rotatable bonds is 2. The van der Waals surface area contributed by atoms with Crippen molar-refractivity contribution in [3.05, 3.63) is 29.3 Å². The van der Waals surface area contributed by atoms with Crippen LogP contribution in [0.5, 0.6) is 5.75 Å². The second kappa shape index (κ2) is 3.98. The first kappa shape index (κ1) is 9.49. The van der Waals surface area contributed by atoms with Crippen LogP contribution in [0.3, 0.4) is 0 Å². The Balaban J connectivity index is 2.29. The Morgan fingerprint density at radius 1 is 1.43 bits per heavy atom. The Kier molecular flexibility index (Phi) is 2.70. The Morgan fingerprint density at radius 2 is 2.29 bits per heavy atom. The van der Waals surface area contributed by atoms with Gasteiger partial charge >= 0.3 is 0 Å². The molecular formula is C11H16N2O. The Labute approximate surface area is 84.0 Å². The Hall–Kier alpha value is -1.06. The van der Waals surface area contributed by atoms with Crippen molar-refractivity contribution in [1.82, 2.24) is 0 Å². The lowest BCUT2D eigenvalue weighted by Gasteiger charge is -2.19. The number of fused-ring (bicyclic) bond motifs is 1. The topological polar surface area (TPSA) is 61.3 Å². The summed E-state index contributed by atoms with van der Waals surface area (Å²) in [7, 11) is 0. The minimum absolute atomic E-state index is 0.0535. The van der Waals surface area contributed by atoms with Crippen LogP contribution in [0, 0.1) is 0 Å². The number of ether oxygens (including phenoxy) is 1. The molecule has 1 unspecified atom stereocenters. The highest BCUT2D eigenvalue weighted by Crippen LogP contribution is 2.26. The van der Waals surface area contributed by atoms with E-state index in [0.717, 1.165) is 30.8 Å². The molecule has 0 aromatic heterocycles. The summed E-state index contributed by atoms with van der Waals surface area (Å²) >= 11 is 0. The van der Waals surface area contributed by atoms with Crippen molar-refractivity contribution in [3.8, 4) is 5.75 Å². The van der Waals surface area contributed by atoms with Crippen LogP contribution < -0.4 is 16.2 Å². The normalized spacial score (nSPS) is 17.0. The molecule has 1 heterocycles. The van der Waals surface area contributed by atoms with E-state index in [9.17, 15) is 0 Å². The van der Waals surface area contributed by atoms with E-state index in [1.165, 1.54) is 5.56 Å². The minimum atomic E-state index is -0.0535. The monoisotopic (exact) mass is 192 g/mol. The summed E-state index contributed by atoms with van der Waals surface area (Å²) in [6.07, 6.45) is 2.18. The molecule has 0 saturated heterocycles. The minimum Gasteiger partial charge on any atom is -0.493 e. The summed E-state index contributed by atoms with van der Waals surface area (Å²) in [6.45, 7) is 1.31. The van der Waals surface area contributed by atoms with Gasteiger partial charge in [-0.15, -0.1) is 0 Å². The van der Waals surface area contributed by atoms with Crippen LogP contribution in [0.25, 0.3) is 0 Å². The molecule has 3 heteroatoms. The van der Waals surface area contributed by atoms with Crippen LogP contribution >= 0.6 is 0 Å². The lowest BCUT2D eigenvalue weighted by molar-refractivity contribution is 0.288. The zero-order valence-corrected chi connectivity index (χ0v) is 8.20. The summed E-state index contributed by atoms with van der Waals surface area (Å²) in [4.78, 5) is 0. The molecule has 0 fully saturated rings. The number of hydrogen-bond donors (Lipinski definition) is 2. The number of aryl methyl sites for hydroxylation is 1. The maximum Gasteiger partial charge on any atom is 0.122 e. The zero-order valence-electron chi connectivity index (χ0n) is 8.20. The standard InChI is InChI=1S/C11H16N2O/c12-7-10(13)8-3-4-11-9(6-8)2-1-5-14-11/h3-4,6,10H,1-2,5,7,12-13H2. The van der Waals surface area contributed by atoms with E-state index in [2.05, 4.69) is 6.07 Å². The molecule has 14 heavy (non-hydrogen) atoms. The van der Waals surface area contributed by atoms with Crippen LogP contribution in [0.15, 0.2) is 18.2 Å². The summed E-state index contributed by atoms with van der Waals surface area (Å²) in [5, 5.41) is 0. The van der Waals surface area contributed by atoms with Crippen LogP contribution in [0.1, 0.15) is 23.6 Å². The molecule has 1 aliphatic heterocycles. The fourth-order valence-corrected chi connectivity index (χ4v) is 1.75. The molecule has 0 aliphatic carbocycles. The van der Waals surface area contributed by atoms with E-state index >= 15 is 0 Å². The molecule has 1 aromatic carbocycles. The van der Waals surface area contributed by atoms with Gasteiger partial charge in [-0.05, 0) is 30.0 Å². The first-order valence-electron chi connectivity index (χ1n) is 5.02. The quantitative estimate of drug-likeness (QED) is 0.734. The molecule has 0 bridgehead atoms. The third kappa shape index (κ3) is 1.74. The van der Waals surface area contributed by atoms with Crippen molar-refractivity contribution < 1.29 is 4.74 Å². The SMILES string of the molecule is NCC(N)c1ccc2c(c1)CCCO2. The number of benzene rings is 1. The van der Waals surface area contributed by atoms with E-state index in [-0.39, 0.29) is 6.04 Å². The molecule has 4 N–H and O–H groups in total. The van der Waals surface area contributed by atoms with Gasteiger partial charge in [-0.3, -0.25) is 0 Å². The summed E-state index contributed by atoms with van der Waals surface area (Å²) < 4.78 is 5.52. The molecule has 0 amide bonds. The van der Waals surface area contributed by atoms with Crippen LogP contribution in [-0.4, -0.2) is 13.2 Å². The third-order valence-electron chi connectivity index (χ3n) is 2.61. The van der Waals surface area contributed by atoms with E-state index in [1.807, 2.05) is 12.1 Å². The molecule has 3 nitrogen and oxygen atoms in total. The van der Waals surface area contributed by atoms with E-state index in [0.29, 0.717) is 6.54 Å². The van der Waals surface area contributed by atoms with Crippen molar-refractivity contribution in [2.45, 2.75) is 18.9 Å². The van der Waals surface area contributed by atoms with Crippen molar-refractivity contribution in [2.24, 2.45) is 11.5 Å². The van der Waals surface area contributed by atoms with Crippen molar-refractivity contribution in [2.75, 3.05) is 13.2 Å². The Morgan fingerprint density at radius 3 is 3.07 bits per heavy atom. The highest BCUT2D eigenvalue weighted by atomic mass is 16.5. The maximum atomic E-state index is 5.86. The van der Waals surface area contributed by atoms with Gasteiger partial charge < -0.3 is 16.2 Å². The van der Waals surface area contributed by atoms with Crippen LogP contribution in [0.4, 0.5) is 0 Å². The van der Waals surface area contributed by atoms with Gasteiger partial charge in [0.25, 0.3) is 0 Å². The number of nitrogens with two attached hydrogens (primary N) is 2. The second-order valence-electron chi connectivity index (χ2n) is 3.66. The molecule has 2 rings (SSSR count). The molecule has 76 valence electrons. The largest absolute Gasteiger partial charge is 0.493 e. The fraction of sp³-hybridized carbons (Fsp3) is 0.455. The lowest BCUT2D eigenvalue weighted by Crippen LogP contribution is -2.21. The van der Waals surface area contributed by atoms with Gasteiger partial charge in [0.2, 0.25) is 0 Å². The van der Waals surface area contributed by atoms with Gasteiger partial charge in [-0.25, -0.2) is 0 Å². The van der Waals surface area contributed by atoms with Crippen molar-refractivity contribution >= 4 is 0 Å². The van der Waals surface area contributed by atoms with Crippen LogP contribution in [0.2, 0.25) is 0 Å². The molecule has 1 atom stereocenters. The summed E-state index contributed by atoms with van der Waals surface area (Å²) in [5.41, 5.74) is 13.8. The zero-order chi connectivity index (χ0) is 9.97. The van der Waals surface area contributed by atoms with Gasteiger partial charge in [0, 0.05) is 12.6 Å². The molecular weight excluding hydrogens is 176 g/mol. The Bertz CT molecular complexity index is 325. The smallest absolute Gasteiger partial charge is 0.122 e. The average molecular weight is 192 g/mol. The molecule has 0 radical (unpaired) electrons. The summed E-state index contributed by atoms with van der Waals surface area (Å²) in [5.74, 6) is 1.00. The van der Waals surface area contributed by atoms with Gasteiger partial charge in [-0.2, -0.15) is 0 Å². The fourth-order valence-electron chi connectivity index (χ4n) is 1.75. The van der Waals surface area contributed by atoms with Crippen molar-refractivity contribution in [3.63, 3.8) is 0 Å². The van der Waals surface area contributed by atoms with Gasteiger partial charge in [0.15, 0.2) is 0 Å². The highest BCUT2D eigenvalue weighted by molar-refractivity contribution is 5.39. The van der Waals surface area contributed by atoms with Gasteiger partial charge in [-0.1, -0.05) is 12.1 Å². The predicted molar refractivity (Wildman–Crippen MR) is 56.2 cm³/mol. The first-order chi connectivity index (χ1) is 6.81. The van der Waals surface area contributed by atoms with E-state index < -0.39 is 0 Å². The molecule has 0 spiro atoms.